The number of aliphatic imine (C=N–C) groups is 1. The van der Waals surface area contributed by atoms with Gasteiger partial charge in [0.15, 0.2) is 5.96 Å². The lowest BCUT2D eigenvalue weighted by molar-refractivity contribution is 0.0205. The molecular formula is C18H38IN3O2. The molecule has 0 radical (unpaired) electrons. The van der Waals surface area contributed by atoms with Crippen LogP contribution in [0.5, 0.6) is 0 Å². The van der Waals surface area contributed by atoms with E-state index in [9.17, 15) is 0 Å². The number of rotatable bonds is 13. The van der Waals surface area contributed by atoms with E-state index in [0.29, 0.717) is 11.9 Å². The Bertz CT molecular complexity index is 298. The Hall–Kier alpha value is -0.0800. The van der Waals surface area contributed by atoms with Gasteiger partial charge in [0, 0.05) is 39.5 Å². The third-order valence-electron chi connectivity index (χ3n) is 4.26. The molecule has 0 aromatic heterocycles. The van der Waals surface area contributed by atoms with Gasteiger partial charge in [-0.05, 0) is 31.6 Å². The lowest BCUT2D eigenvalue weighted by atomic mass is 10.0. The van der Waals surface area contributed by atoms with Crippen LogP contribution in [0.3, 0.4) is 0 Å². The molecule has 0 bridgehead atoms. The second kappa shape index (κ2) is 17.7. The molecule has 0 aromatic carbocycles. The smallest absolute Gasteiger partial charge is 0.188 e. The summed E-state index contributed by atoms with van der Waals surface area (Å²) >= 11 is 0. The first kappa shape index (κ1) is 23.9. The van der Waals surface area contributed by atoms with E-state index < -0.39 is 0 Å². The Balaban J connectivity index is 0.00000529. The average Bonchev–Trinajstić information content (AvgIpc) is 2.58. The van der Waals surface area contributed by atoms with E-state index >= 15 is 0 Å². The van der Waals surface area contributed by atoms with E-state index in [2.05, 4.69) is 17.2 Å². The topological polar surface area (TPSA) is 68.9 Å². The van der Waals surface area contributed by atoms with Gasteiger partial charge in [-0.1, -0.05) is 39.0 Å². The van der Waals surface area contributed by atoms with Crippen molar-refractivity contribution in [1.82, 2.24) is 5.32 Å². The van der Waals surface area contributed by atoms with Crippen molar-refractivity contribution in [2.45, 2.75) is 64.7 Å². The fourth-order valence-corrected chi connectivity index (χ4v) is 2.71. The van der Waals surface area contributed by atoms with Crippen LogP contribution in [-0.2, 0) is 9.47 Å². The first-order valence-corrected chi connectivity index (χ1v) is 9.52. The number of ether oxygens (including phenoxy) is 2. The first-order valence-electron chi connectivity index (χ1n) is 9.52. The van der Waals surface area contributed by atoms with Crippen LogP contribution in [0.2, 0.25) is 0 Å². The van der Waals surface area contributed by atoms with Crippen LogP contribution >= 0.6 is 24.0 Å². The highest BCUT2D eigenvalue weighted by molar-refractivity contribution is 14.0. The SMILES string of the molecule is CCCCCCCCNC(N)=NCCCOCC1CCOCC1.I. The molecule has 1 fully saturated rings. The molecule has 1 saturated heterocycles. The van der Waals surface area contributed by atoms with Crippen molar-refractivity contribution in [3.05, 3.63) is 0 Å². The molecule has 0 atom stereocenters. The van der Waals surface area contributed by atoms with Crippen molar-refractivity contribution in [2.75, 3.05) is 39.5 Å². The maximum Gasteiger partial charge on any atom is 0.188 e. The predicted octanol–water partition coefficient (Wildman–Crippen LogP) is 3.70. The van der Waals surface area contributed by atoms with Gasteiger partial charge in [-0.3, -0.25) is 4.99 Å². The Morgan fingerprint density at radius 3 is 2.58 bits per heavy atom. The van der Waals surface area contributed by atoms with Crippen molar-refractivity contribution in [3.63, 3.8) is 0 Å². The summed E-state index contributed by atoms with van der Waals surface area (Å²) in [5.41, 5.74) is 5.85. The molecule has 0 unspecified atom stereocenters. The summed E-state index contributed by atoms with van der Waals surface area (Å²) in [5, 5.41) is 3.19. The van der Waals surface area contributed by atoms with Gasteiger partial charge in [-0.15, -0.1) is 24.0 Å². The van der Waals surface area contributed by atoms with E-state index in [0.717, 1.165) is 58.8 Å². The zero-order valence-corrected chi connectivity index (χ0v) is 17.8. The fourth-order valence-electron chi connectivity index (χ4n) is 2.71. The largest absolute Gasteiger partial charge is 0.381 e. The first-order chi connectivity index (χ1) is 11.3. The van der Waals surface area contributed by atoms with Crippen LogP contribution in [0.15, 0.2) is 4.99 Å². The van der Waals surface area contributed by atoms with Crippen molar-refractivity contribution < 1.29 is 9.47 Å². The van der Waals surface area contributed by atoms with E-state index in [1.165, 1.54) is 38.5 Å². The summed E-state index contributed by atoms with van der Waals surface area (Å²) in [4.78, 5) is 4.34. The summed E-state index contributed by atoms with van der Waals surface area (Å²) in [5.74, 6) is 1.25. The quantitative estimate of drug-likeness (QED) is 0.192. The molecule has 1 heterocycles. The molecule has 1 aliphatic rings. The van der Waals surface area contributed by atoms with Crippen LogP contribution < -0.4 is 11.1 Å². The van der Waals surface area contributed by atoms with Gasteiger partial charge in [0.05, 0.1) is 0 Å². The third-order valence-corrected chi connectivity index (χ3v) is 4.26. The minimum absolute atomic E-state index is 0. The predicted molar refractivity (Wildman–Crippen MR) is 112 cm³/mol. The molecule has 0 spiro atoms. The van der Waals surface area contributed by atoms with Crippen LogP contribution in [0.1, 0.15) is 64.7 Å². The zero-order chi connectivity index (χ0) is 16.6. The number of nitrogens with one attached hydrogen (secondary N) is 1. The highest BCUT2D eigenvalue weighted by Gasteiger charge is 2.13. The van der Waals surface area contributed by atoms with E-state index in [4.69, 9.17) is 15.2 Å². The second-order valence-electron chi connectivity index (χ2n) is 6.45. The van der Waals surface area contributed by atoms with E-state index in [1.807, 2.05) is 0 Å². The van der Waals surface area contributed by atoms with Gasteiger partial charge in [0.2, 0.25) is 0 Å². The number of nitrogens with zero attached hydrogens (tertiary/aromatic N) is 1. The Morgan fingerprint density at radius 2 is 1.83 bits per heavy atom. The van der Waals surface area contributed by atoms with Crippen molar-refractivity contribution in [2.24, 2.45) is 16.6 Å². The molecule has 0 amide bonds. The maximum absolute atomic E-state index is 5.85. The molecule has 1 rings (SSSR count). The number of nitrogens with two attached hydrogens (primary N) is 1. The van der Waals surface area contributed by atoms with Crippen LogP contribution in [-0.4, -0.2) is 45.5 Å². The van der Waals surface area contributed by atoms with Crippen LogP contribution in [0.25, 0.3) is 0 Å². The monoisotopic (exact) mass is 455 g/mol. The van der Waals surface area contributed by atoms with E-state index in [1.54, 1.807) is 0 Å². The molecule has 0 saturated carbocycles. The lowest BCUT2D eigenvalue weighted by Crippen LogP contribution is -2.32. The Labute approximate surface area is 165 Å². The summed E-state index contributed by atoms with van der Waals surface area (Å²) in [7, 11) is 0. The van der Waals surface area contributed by atoms with Gasteiger partial charge in [-0.2, -0.15) is 0 Å². The molecule has 0 aromatic rings. The van der Waals surface area contributed by atoms with Crippen LogP contribution in [0.4, 0.5) is 0 Å². The second-order valence-corrected chi connectivity index (χ2v) is 6.45. The number of hydrogen-bond donors (Lipinski definition) is 2. The summed E-state index contributed by atoms with van der Waals surface area (Å²) in [6, 6.07) is 0. The summed E-state index contributed by atoms with van der Waals surface area (Å²) < 4.78 is 11.1. The lowest BCUT2D eigenvalue weighted by Gasteiger charge is -2.21. The zero-order valence-electron chi connectivity index (χ0n) is 15.4. The van der Waals surface area contributed by atoms with Crippen molar-refractivity contribution >= 4 is 29.9 Å². The summed E-state index contributed by atoms with van der Waals surface area (Å²) in [6.07, 6.45) is 11.0. The number of hydrogen-bond acceptors (Lipinski definition) is 3. The van der Waals surface area contributed by atoms with Gasteiger partial charge >= 0.3 is 0 Å². The molecule has 1 aliphatic heterocycles. The van der Waals surface area contributed by atoms with Gasteiger partial charge in [0.1, 0.15) is 0 Å². The van der Waals surface area contributed by atoms with Gasteiger partial charge in [0.25, 0.3) is 0 Å². The van der Waals surface area contributed by atoms with E-state index in [-0.39, 0.29) is 24.0 Å². The van der Waals surface area contributed by atoms with Crippen molar-refractivity contribution in [3.8, 4) is 0 Å². The number of halogens is 1. The molecule has 24 heavy (non-hydrogen) atoms. The van der Waals surface area contributed by atoms with Crippen LogP contribution in [0, 0.1) is 5.92 Å². The number of guanidine groups is 1. The maximum atomic E-state index is 5.85. The molecule has 144 valence electrons. The van der Waals surface area contributed by atoms with Gasteiger partial charge < -0.3 is 20.5 Å². The molecule has 3 N–H and O–H groups in total. The highest BCUT2D eigenvalue weighted by Crippen LogP contribution is 2.14. The normalized spacial score (nSPS) is 16.0. The average molecular weight is 455 g/mol. The minimum Gasteiger partial charge on any atom is -0.381 e. The fraction of sp³-hybridized carbons (Fsp3) is 0.944. The van der Waals surface area contributed by atoms with Crippen molar-refractivity contribution in [1.29, 1.82) is 0 Å². The minimum atomic E-state index is 0. The summed E-state index contributed by atoms with van der Waals surface area (Å²) in [6.45, 7) is 7.32. The molecular weight excluding hydrogens is 417 g/mol. The Morgan fingerprint density at radius 1 is 1.12 bits per heavy atom. The third kappa shape index (κ3) is 14.3. The molecule has 6 heteroatoms. The molecule has 5 nitrogen and oxygen atoms in total. The standard InChI is InChI=1S/C18H37N3O2.HI/c1-2-3-4-5-6-7-11-20-18(19)21-12-8-13-23-16-17-9-14-22-15-10-17;/h17H,2-16H2,1H3,(H3,19,20,21);1H. The highest BCUT2D eigenvalue weighted by atomic mass is 127. The van der Waals surface area contributed by atoms with Gasteiger partial charge in [-0.25, -0.2) is 0 Å². The Kier molecular flexibility index (Phi) is 17.7. The number of unbranched alkanes of at least 4 members (excludes halogenated alkanes) is 5. The molecule has 0 aliphatic carbocycles.